The predicted molar refractivity (Wildman–Crippen MR) is 44.8 cm³/mol. The molecule has 0 aliphatic carbocycles. The zero-order valence-electron chi connectivity index (χ0n) is 4.14. The van der Waals surface area contributed by atoms with E-state index in [1.165, 1.54) is 3.96 Å². The molecule has 0 bridgehead atoms. The van der Waals surface area contributed by atoms with Crippen molar-refractivity contribution in [3.8, 4) is 0 Å². The first-order chi connectivity index (χ1) is 3.35. The molecule has 0 fully saturated rings. The summed E-state index contributed by atoms with van der Waals surface area (Å²) in [4.78, 5) is 0. The Morgan fingerprint density at radius 2 is 1.86 bits per heavy atom. The molecule has 0 aromatic rings. The highest BCUT2D eigenvalue weighted by molar-refractivity contribution is 8.44. The maximum absolute atomic E-state index is 5.46. The van der Waals surface area contributed by atoms with Gasteiger partial charge in [0.25, 0.3) is 0 Å². The van der Waals surface area contributed by atoms with E-state index in [0.717, 1.165) is 7.56 Å². The van der Waals surface area contributed by atoms with Gasteiger partial charge in [-0.25, -0.2) is 0 Å². The van der Waals surface area contributed by atoms with Gasteiger partial charge in [0, 0.05) is 7.56 Å². The summed E-state index contributed by atoms with van der Waals surface area (Å²) in [6.45, 7) is 0. The largest absolute Gasteiger partial charge is 0.117 e. The molecule has 0 aromatic carbocycles. The lowest BCUT2D eigenvalue weighted by Crippen LogP contribution is -1.70. The van der Waals surface area contributed by atoms with E-state index in [1.54, 1.807) is 23.5 Å². The number of halogens is 1. The summed E-state index contributed by atoms with van der Waals surface area (Å²) >= 11 is 8.87. The smallest absolute Gasteiger partial charge is 0.0786 e. The average molecular weight is 173 g/mol. The van der Waals surface area contributed by atoms with Crippen LogP contribution in [0.1, 0.15) is 0 Å². The lowest BCUT2D eigenvalue weighted by Gasteiger charge is -1.89. The molecule has 0 saturated carbocycles. The molecule has 0 amide bonds. The minimum atomic E-state index is 0.874. The van der Waals surface area contributed by atoms with E-state index in [2.05, 4.69) is 0 Å². The maximum Gasteiger partial charge on any atom is 0.0786 e. The van der Waals surface area contributed by atoms with Crippen molar-refractivity contribution in [2.24, 2.45) is 0 Å². The van der Waals surface area contributed by atoms with Crippen LogP contribution in [0.25, 0.3) is 0 Å². The highest BCUT2D eigenvalue weighted by Crippen LogP contribution is 2.21. The zero-order valence-corrected chi connectivity index (χ0v) is 7.43. The molecule has 7 heavy (non-hydrogen) atoms. The first-order valence-corrected chi connectivity index (χ1v) is 5.87. The standard InChI is InChI=1S/C3H6ClPS2/c1-6-3(5-4)7-2/h1-2H3. The highest BCUT2D eigenvalue weighted by Gasteiger charge is 1.86. The van der Waals surface area contributed by atoms with Crippen molar-refractivity contribution >= 4 is 46.3 Å². The quantitative estimate of drug-likeness (QED) is 0.588. The Labute approximate surface area is 59.0 Å². The Hall–Kier alpha value is 1.16. The van der Waals surface area contributed by atoms with Gasteiger partial charge < -0.3 is 0 Å². The van der Waals surface area contributed by atoms with E-state index in [9.17, 15) is 0 Å². The SMILES string of the molecule is CSC(=PCl)SC. The molecule has 0 heterocycles. The van der Waals surface area contributed by atoms with Crippen LogP contribution in [-0.4, -0.2) is 16.5 Å². The zero-order chi connectivity index (χ0) is 5.70. The lowest BCUT2D eigenvalue weighted by atomic mass is 11.8. The number of rotatable bonds is 2. The molecule has 0 unspecified atom stereocenters. The van der Waals surface area contributed by atoms with Crippen molar-refractivity contribution in [2.45, 2.75) is 0 Å². The molecule has 0 atom stereocenters. The van der Waals surface area contributed by atoms with E-state index in [4.69, 9.17) is 11.2 Å². The van der Waals surface area contributed by atoms with Gasteiger partial charge in [0.05, 0.1) is 3.96 Å². The third-order valence-corrected chi connectivity index (χ3v) is 5.01. The van der Waals surface area contributed by atoms with Crippen molar-refractivity contribution in [2.75, 3.05) is 12.5 Å². The second-order valence-corrected chi connectivity index (χ2v) is 4.38. The van der Waals surface area contributed by atoms with Gasteiger partial charge in [0.2, 0.25) is 0 Å². The Balaban J connectivity index is 3.38. The van der Waals surface area contributed by atoms with Crippen molar-refractivity contribution in [1.82, 2.24) is 0 Å². The summed E-state index contributed by atoms with van der Waals surface area (Å²) in [6.07, 6.45) is 4.06. The summed E-state index contributed by atoms with van der Waals surface area (Å²) in [6, 6.07) is 0. The average Bonchev–Trinajstić information content (AvgIpc) is 1.72. The first kappa shape index (κ1) is 8.16. The molecule has 0 N–H and O–H groups in total. The number of thioether (sulfide) groups is 2. The van der Waals surface area contributed by atoms with E-state index >= 15 is 0 Å². The third-order valence-electron chi connectivity index (χ3n) is 0.418. The van der Waals surface area contributed by atoms with E-state index in [1.807, 2.05) is 12.5 Å². The van der Waals surface area contributed by atoms with E-state index in [0.29, 0.717) is 0 Å². The molecule has 0 nitrogen and oxygen atoms in total. The van der Waals surface area contributed by atoms with Crippen molar-refractivity contribution in [1.29, 1.82) is 0 Å². The number of hydrogen-bond acceptors (Lipinski definition) is 2. The van der Waals surface area contributed by atoms with Gasteiger partial charge in [0.15, 0.2) is 0 Å². The topological polar surface area (TPSA) is 0 Å². The molecule has 4 heteroatoms. The molecule has 0 aliphatic rings. The lowest BCUT2D eigenvalue weighted by molar-refractivity contribution is 2.52. The van der Waals surface area contributed by atoms with Crippen LogP contribution in [0.3, 0.4) is 0 Å². The number of hydrogen-bond donors (Lipinski definition) is 0. The van der Waals surface area contributed by atoms with Crippen LogP contribution in [-0.2, 0) is 0 Å². The molecular formula is C3H6ClPS2. The fraction of sp³-hybridized carbons (Fsp3) is 0.667. The molecule has 0 aromatic heterocycles. The summed E-state index contributed by atoms with van der Waals surface area (Å²) in [5.74, 6) is 0. The fourth-order valence-electron chi connectivity index (χ4n) is 0.152. The second kappa shape index (κ2) is 5.30. The Morgan fingerprint density at radius 3 is 1.86 bits per heavy atom. The molecular weight excluding hydrogens is 167 g/mol. The normalized spacial score (nSPS) is 9.57. The Morgan fingerprint density at radius 1 is 1.43 bits per heavy atom. The summed E-state index contributed by atoms with van der Waals surface area (Å²) in [5.41, 5.74) is 0. The van der Waals surface area contributed by atoms with Gasteiger partial charge in [-0.2, -0.15) is 0 Å². The summed E-state index contributed by atoms with van der Waals surface area (Å²) < 4.78 is 1.25. The van der Waals surface area contributed by atoms with Crippen LogP contribution >= 0.6 is 42.3 Å². The maximum atomic E-state index is 5.46. The van der Waals surface area contributed by atoms with E-state index in [-0.39, 0.29) is 0 Å². The van der Waals surface area contributed by atoms with Gasteiger partial charge in [-0.1, -0.05) is 11.2 Å². The van der Waals surface area contributed by atoms with Gasteiger partial charge in [-0.3, -0.25) is 0 Å². The molecule has 0 spiro atoms. The van der Waals surface area contributed by atoms with Crippen LogP contribution < -0.4 is 0 Å². The summed E-state index contributed by atoms with van der Waals surface area (Å²) in [5, 5.41) is 0. The minimum absolute atomic E-state index is 0.874. The first-order valence-electron chi connectivity index (χ1n) is 1.62. The van der Waals surface area contributed by atoms with Crippen LogP contribution in [0.15, 0.2) is 0 Å². The fourth-order valence-corrected chi connectivity index (χ4v) is 2.61. The van der Waals surface area contributed by atoms with Crippen LogP contribution in [0.4, 0.5) is 0 Å². The van der Waals surface area contributed by atoms with Gasteiger partial charge in [-0.15, -0.1) is 23.5 Å². The minimum Gasteiger partial charge on any atom is -0.117 e. The predicted octanol–water partition coefficient (Wildman–Crippen LogP) is 2.90. The summed E-state index contributed by atoms with van der Waals surface area (Å²) in [7, 11) is 0.874. The van der Waals surface area contributed by atoms with Crippen LogP contribution in [0.5, 0.6) is 0 Å². The van der Waals surface area contributed by atoms with Crippen molar-refractivity contribution in [3.63, 3.8) is 0 Å². The van der Waals surface area contributed by atoms with Crippen molar-refractivity contribution < 1.29 is 0 Å². The molecule has 0 rings (SSSR count). The van der Waals surface area contributed by atoms with Gasteiger partial charge >= 0.3 is 0 Å². The van der Waals surface area contributed by atoms with Gasteiger partial charge in [-0.05, 0) is 12.5 Å². The highest BCUT2D eigenvalue weighted by atomic mass is 35.7. The molecule has 0 saturated heterocycles. The van der Waals surface area contributed by atoms with Crippen LogP contribution in [0.2, 0.25) is 0 Å². The Bertz CT molecular complexity index is 67.3. The molecule has 42 valence electrons. The third kappa shape index (κ3) is 3.72. The van der Waals surface area contributed by atoms with Crippen molar-refractivity contribution in [3.05, 3.63) is 0 Å². The molecule has 0 radical (unpaired) electrons. The second-order valence-electron chi connectivity index (χ2n) is 0.759. The monoisotopic (exact) mass is 172 g/mol. The molecule has 0 aliphatic heterocycles. The van der Waals surface area contributed by atoms with E-state index < -0.39 is 0 Å². The van der Waals surface area contributed by atoms with Gasteiger partial charge in [0.1, 0.15) is 0 Å². The Kier molecular flexibility index (Phi) is 6.18. The van der Waals surface area contributed by atoms with Crippen LogP contribution in [0, 0.1) is 0 Å².